The van der Waals surface area contributed by atoms with E-state index in [9.17, 15) is 4.79 Å². The quantitative estimate of drug-likeness (QED) is 0.377. The monoisotopic (exact) mass is 180 g/mol. The van der Waals surface area contributed by atoms with Gasteiger partial charge in [0.1, 0.15) is 0 Å². The number of allylic oxidation sites excluding steroid dienone is 1. The average Bonchev–Trinajstić information content (AvgIpc) is 2.10. The SMILES string of the molecule is C=CCC(C=C=C(C)C)C(=O)OC. The van der Waals surface area contributed by atoms with Crippen molar-refractivity contribution < 1.29 is 9.53 Å². The molecule has 72 valence electrons. The van der Waals surface area contributed by atoms with Crippen LogP contribution in [0.2, 0.25) is 0 Å². The summed E-state index contributed by atoms with van der Waals surface area (Å²) >= 11 is 0. The van der Waals surface area contributed by atoms with Crippen LogP contribution in [0.3, 0.4) is 0 Å². The molecule has 0 saturated heterocycles. The summed E-state index contributed by atoms with van der Waals surface area (Å²) in [5.74, 6) is -0.494. The van der Waals surface area contributed by atoms with Crippen LogP contribution in [0.1, 0.15) is 20.3 Å². The van der Waals surface area contributed by atoms with Crippen LogP contribution in [0.5, 0.6) is 0 Å². The number of ether oxygens (including phenoxy) is 1. The van der Waals surface area contributed by atoms with Crippen LogP contribution in [0.15, 0.2) is 30.0 Å². The second-order valence-electron chi connectivity index (χ2n) is 2.97. The van der Waals surface area contributed by atoms with Gasteiger partial charge in [-0.1, -0.05) is 6.08 Å². The van der Waals surface area contributed by atoms with E-state index >= 15 is 0 Å². The lowest BCUT2D eigenvalue weighted by Crippen LogP contribution is -2.12. The van der Waals surface area contributed by atoms with Gasteiger partial charge in [0, 0.05) is 0 Å². The number of hydrogen-bond acceptors (Lipinski definition) is 2. The van der Waals surface area contributed by atoms with Crippen molar-refractivity contribution in [3.63, 3.8) is 0 Å². The lowest BCUT2D eigenvalue weighted by Gasteiger charge is -2.05. The lowest BCUT2D eigenvalue weighted by molar-refractivity contribution is -0.143. The van der Waals surface area contributed by atoms with E-state index < -0.39 is 0 Å². The number of methoxy groups -OCH3 is 1. The molecule has 2 heteroatoms. The Morgan fingerprint density at radius 2 is 2.23 bits per heavy atom. The highest BCUT2D eigenvalue weighted by Gasteiger charge is 2.13. The Morgan fingerprint density at radius 1 is 1.62 bits per heavy atom. The molecular formula is C11H16O2. The zero-order valence-corrected chi connectivity index (χ0v) is 8.46. The van der Waals surface area contributed by atoms with Gasteiger partial charge in [0.2, 0.25) is 0 Å². The Kier molecular flexibility index (Phi) is 5.66. The largest absolute Gasteiger partial charge is 0.469 e. The summed E-state index contributed by atoms with van der Waals surface area (Å²) in [5.41, 5.74) is 4.03. The third-order valence-electron chi connectivity index (χ3n) is 1.50. The highest BCUT2D eigenvalue weighted by Crippen LogP contribution is 2.07. The first-order chi connectivity index (χ1) is 6.11. The van der Waals surface area contributed by atoms with Crippen molar-refractivity contribution >= 4 is 5.97 Å². The Morgan fingerprint density at radius 3 is 2.62 bits per heavy atom. The molecule has 0 N–H and O–H groups in total. The highest BCUT2D eigenvalue weighted by molar-refractivity contribution is 5.74. The molecule has 0 heterocycles. The minimum atomic E-state index is -0.252. The summed E-state index contributed by atoms with van der Waals surface area (Å²) < 4.78 is 4.63. The summed E-state index contributed by atoms with van der Waals surface area (Å²) in [4.78, 5) is 11.2. The third kappa shape index (κ3) is 5.05. The number of rotatable bonds is 4. The summed E-state index contributed by atoms with van der Waals surface area (Å²) in [6.07, 6.45) is 4.01. The molecule has 0 saturated carbocycles. The first-order valence-corrected chi connectivity index (χ1v) is 4.20. The molecule has 2 nitrogen and oxygen atoms in total. The maximum atomic E-state index is 11.2. The molecule has 13 heavy (non-hydrogen) atoms. The molecule has 0 aliphatic carbocycles. The molecular weight excluding hydrogens is 164 g/mol. The first-order valence-electron chi connectivity index (χ1n) is 4.20. The van der Waals surface area contributed by atoms with E-state index in [0.29, 0.717) is 6.42 Å². The van der Waals surface area contributed by atoms with Crippen molar-refractivity contribution in [3.8, 4) is 0 Å². The van der Waals surface area contributed by atoms with Gasteiger partial charge in [0.25, 0.3) is 0 Å². The number of carbonyl (C=O) groups is 1. The minimum Gasteiger partial charge on any atom is -0.469 e. The van der Waals surface area contributed by atoms with Gasteiger partial charge in [0.15, 0.2) is 0 Å². The second-order valence-corrected chi connectivity index (χ2v) is 2.97. The fourth-order valence-electron chi connectivity index (χ4n) is 0.830. The Labute approximate surface area is 79.6 Å². The van der Waals surface area contributed by atoms with Gasteiger partial charge >= 0.3 is 5.97 Å². The maximum absolute atomic E-state index is 11.2. The Bertz CT molecular complexity index is 241. The number of hydrogen-bond donors (Lipinski definition) is 0. The molecule has 0 radical (unpaired) electrons. The normalized spacial score (nSPS) is 11.0. The zero-order chi connectivity index (χ0) is 10.3. The molecule has 0 aromatic heterocycles. The summed E-state index contributed by atoms with van der Waals surface area (Å²) in [5, 5.41) is 0. The highest BCUT2D eigenvalue weighted by atomic mass is 16.5. The molecule has 0 amide bonds. The smallest absolute Gasteiger partial charge is 0.313 e. The van der Waals surface area contributed by atoms with E-state index in [-0.39, 0.29) is 11.9 Å². The standard InChI is InChI=1S/C11H16O2/c1-5-6-10(11(12)13-4)8-7-9(2)3/h5,8,10H,1,6H2,2-4H3. The van der Waals surface area contributed by atoms with Crippen LogP contribution < -0.4 is 0 Å². The van der Waals surface area contributed by atoms with Gasteiger partial charge in [-0.2, -0.15) is 0 Å². The molecule has 0 rings (SSSR count). The zero-order valence-electron chi connectivity index (χ0n) is 8.46. The summed E-state index contributed by atoms with van der Waals surface area (Å²) in [7, 11) is 1.38. The predicted molar refractivity (Wildman–Crippen MR) is 53.3 cm³/mol. The van der Waals surface area contributed by atoms with E-state index in [1.807, 2.05) is 13.8 Å². The van der Waals surface area contributed by atoms with Crippen molar-refractivity contribution in [2.24, 2.45) is 5.92 Å². The van der Waals surface area contributed by atoms with Crippen molar-refractivity contribution in [1.29, 1.82) is 0 Å². The topological polar surface area (TPSA) is 26.3 Å². The van der Waals surface area contributed by atoms with Gasteiger partial charge in [-0.3, -0.25) is 4.79 Å². The molecule has 0 spiro atoms. The van der Waals surface area contributed by atoms with Crippen molar-refractivity contribution in [1.82, 2.24) is 0 Å². The maximum Gasteiger partial charge on any atom is 0.313 e. The molecule has 0 aromatic carbocycles. The minimum absolute atomic E-state index is 0.242. The van der Waals surface area contributed by atoms with Crippen LogP contribution in [-0.2, 0) is 9.53 Å². The Hall–Kier alpha value is -1.27. The van der Waals surface area contributed by atoms with Crippen LogP contribution in [0.4, 0.5) is 0 Å². The second kappa shape index (κ2) is 6.27. The average molecular weight is 180 g/mol. The van der Waals surface area contributed by atoms with E-state index in [1.165, 1.54) is 7.11 Å². The van der Waals surface area contributed by atoms with E-state index in [4.69, 9.17) is 0 Å². The van der Waals surface area contributed by atoms with Gasteiger partial charge in [-0.25, -0.2) is 0 Å². The predicted octanol–water partition coefficient (Wildman–Crippen LogP) is 2.47. The molecule has 1 unspecified atom stereocenters. The van der Waals surface area contributed by atoms with E-state index in [2.05, 4.69) is 17.0 Å². The Balaban J connectivity index is 4.52. The third-order valence-corrected chi connectivity index (χ3v) is 1.50. The van der Waals surface area contributed by atoms with E-state index in [0.717, 1.165) is 5.57 Å². The van der Waals surface area contributed by atoms with E-state index in [1.54, 1.807) is 12.2 Å². The lowest BCUT2D eigenvalue weighted by atomic mass is 10.1. The summed E-state index contributed by atoms with van der Waals surface area (Å²) in [6, 6.07) is 0. The molecule has 0 fully saturated rings. The van der Waals surface area contributed by atoms with Gasteiger partial charge in [-0.05, 0) is 31.9 Å². The van der Waals surface area contributed by atoms with Gasteiger partial charge in [0.05, 0.1) is 13.0 Å². The fourth-order valence-corrected chi connectivity index (χ4v) is 0.830. The fraction of sp³-hybridized carbons (Fsp3) is 0.455. The van der Waals surface area contributed by atoms with Crippen LogP contribution in [0, 0.1) is 5.92 Å². The van der Waals surface area contributed by atoms with Gasteiger partial charge in [-0.15, -0.1) is 12.3 Å². The van der Waals surface area contributed by atoms with Crippen molar-refractivity contribution in [2.75, 3.05) is 7.11 Å². The molecule has 0 aromatic rings. The van der Waals surface area contributed by atoms with Crippen LogP contribution in [-0.4, -0.2) is 13.1 Å². The number of carbonyl (C=O) groups excluding carboxylic acids is 1. The molecule has 0 bridgehead atoms. The van der Waals surface area contributed by atoms with Crippen LogP contribution in [0.25, 0.3) is 0 Å². The molecule has 1 atom stereocenters. The first kappa shape index (κ1) is 11.7. The van der Waals surface area contributed by atoms with Crippen molar-refractivity contribution in [3.05, 3.63) is 30.0 Å². The van der Waals surface area contributed by atoms with Gasteiger partial charge < -0.3 is 4.74 Å². The number of esters is 1. The molecule has 0 aliphatic heterocycles. The van der Waals surface area contributed by atoms with Crippen molar-refractivity contribution in [2.45, 2.75) is 20.3 Å². The molecule has 0 aliphatic rings. The summed E-state index contributed by atoms with van der Waals surface area (Å²) in [6.45, 7) is 7.44. The van der Waals surface area contributed by atoms with Crippen LogP contribution >= 0.6 is 0 Å².